The number of fused-ring (bicyclic) bond motifs is 1. The van der Waals surface area contributed by atoms with Gasteiger partial charge in [0.15, 0.2) is 0 Å². The van der Waals surface area contributed by atoms with Gasteiger partial charge in [0, 0.05) is 30.9 Å². The number of carbonyl (C=O) groups is 2. The molecule has 2 aliphatic heterocycles. The molecular formula is C26H32N4O3. The van der Waals surface area contributed by atoms with E-state index in [-0.39, 0.29) is 23.5 Å². The molecule has 3 amide bonds. The van der Waals surface area contributed by atoms with Crippen molar-refractivity contribution in [3.8, 4) is 11.5 Å². The summed E-state index contributed by atoms with van der Waals surface area (Å²) in [5.74, 6) is 0.623. The van der Waals surface area contributed by atoms with Crippen LogP contribution < -0.4 is 15.8 Å². The lowest BCUT2D eigenvalue weighted by atomic mass is 9.88. The molecule has 7 nitrogen and oxygen atoms in total. The van der Waals surface area contributed by atoms with Gasteiger partial charge in [0.2, 0.25) is 5.91 Å². The minimum absolute atomic E-state index is 0.112. The number of hydrogen-bond donors (Lipinski definition) is 2. The molecule has 3 N–H and O–H groups in total. The Balaban J connectivity index is 1.56. The van der Waals surface area contributed by atoms with Crippen LogP contribution in [0.2, 0.25) is 0 Å². The highest BCUT2D eigenvalue weighted by atomic mass is 16.5. The molecule has 0 spiro atoms. The number of rotatable bonds is 4. The molecule has 7 heteroatoms. The molecule has 2 unspecified atom stereocenters. The van der Waals surface area contributed by atoms with Gasteiger partial charge in [-0.1, -0.05) is 30.3 Å². The Bertz CT molecular complexity index is 1060. The fraction of sp³-hybridized carbons (Fsp3) is 0.385. The van der Waals surface area contributed by atoms with Crippen LogP contribution in [-0.2, 0) is 4.79 Å². The van der Waals surface area contributed by atoms with Crippen molar-refractivity contribution in [1.82, 2.24) is 15.1 Å². The Labute approximate surface area is 195 Å². The van der Waals surface area contributed by atoms with E-state index in [1.54, 1.807) is 4.90 Å². The number of nitrogens with two attached hydrogens (primary N) is 1. The van der Waals surface area contributed by atoms with Gasteiger partial charge in [-0.25, -0.2) is 4.79 Å². The average Bonchev–Trinajstić information content (AvgIpc) is 3.06. The van der Waals surface area contributed by atoms with E-state index in [0.29, 0.717) is 19.6 Å². The van der Waals surface area contributed by atoms with Crippen molar-refractivity contribution in [3.63, 3.8) is 0 Å². The van der Waals surface area contributed by atoms with Gasteiger partial charge in [0.1, 0.15) is 11.5 Å². The number of para-hydroxylation sites is 1. The van der Waals surface area contributed by atoms with E-state index in [0.717, 1.165) is 28.3 Å². The average molecular weight is 449 g/mol. The molecule has 2 aromatic rings. The summed E-state index contributed by atoms with van der Waals surface area (Å²) in [5, 5.41) is 3.02. The maximum absolute atomic E-state index is 12.8. The van der Waals surface area contributed by atoms with Gasteiger partial charge in [-0.3, -0.25) is 4.79 Å². The van der Waals surface area contributed by atoms with Crippen LogP contribution in [0.15, 0.2) is 60.3 Å². The third-order valence-corrected chi connectivity index (χ3v) is 6.15. The fourth-order valence-corrected chi connectivity index (χ4v) is 4.72. The molecule has 1 saturated heterocycles. The summed E-state index contributed by atoms with van der Waals surface area (Å²) >= 11 is 0. The zero-order chi connectivity index (χ0) is 23.8. The topological polar surface area (TPSA) is 87.9 Å². The summed E-state index contributed by atoms with van der Waals surface area (Å²) < 4.78 is 5.90. The predicted octanol–water partition coefficient (Wildman–Crippen LogP) is 3.82. The van der Waals surface area contributed by atoms with Crippen molar-refractivity contribution in [2.24, 2.45) is 11.7 Å². The molecule has 2 heterocycles. The minimum atomic E-state index is -0.490. The number of urea groups is 1. The molecule has 0 saturated carbocycles. The summed E-state index contributed by atoms with van der Waals surface area (Å²) in [5.41, 5.74) is 8.49. The first-order valence-corrected chi connectivity index (χ1v) is 11.3. The number of primary amides is 1. The number of carbonyl (C=O) groups excluding carboxylic acids is 2. The fourth-order valence-electron chi connectivity index (χ4n) is 4.72. The van der Waals surface area contributed by atoms with Crippen LogP contribution in [0.3, 0.4) is 0 Å². The Morgan fingerprint density at radius 2 is 1.64 bits per heavy atom. The second-order valence-electron chi connectivity index (χ2n) is 9.71. The van der Waals surface area contributed by atoms with Gasteiger partial charge >= 0.3 is 6.03 Å². The lowest BCUT2D eigenvalue weighted by molar-refractivity contribution is -0.121. The SMILES string of the molecule is CC1=C(c2ccc(Oc3ccccc3)cc2)C(C(N)=O)C2CN(C(=O)NC(C)(C)C)CCN12. The maximum atomic E-state index is 12.8. The van der Waals surface area contributed by atoms with Crippen LogP contribution in [0, 0.1) is 5.92 Å². The zero-order valence-electron chi connectivity index (χ0n) is 19.7. The van der Waals surface area contributed by atoms with Gasteiger partial charge in [0.05, 0.1) is 12.0 Å². The van der Waals surface area contributed by atoms with Crippen molar-refractivity contribution >= 4 is 17.5 Å². The first kappa shape index (κ1) is 22.7. The minimum Gasteiger partial charge on any atom is -0.457 e. The van der Waals surface area contributed by atoms with Crippen LogP contribution in [0.25, 0.3) is 5.57 Å². The summed E-state index contributed by atoms with van der Waals surface area (Å²) in [6.45, 7) is 9.61. The van der Waals surface area contributed by atoms with Crippen LogP contribution >= 0.6 is 0 Å². The summed E-state index contributed by atoms with van der Waals surface area (Å²) in [7, 11) is 0. The first-order chi connectivity index (χ1) is 15.6. The second-order valence-corrected chi connectivity index (χ2v) is 9.71. The lowest BCUT2D eigenvalue weighted by Crippen LogP contribution is -2.59. The Morgan fingerprint density at radius 3 is 2.24 bits per heavy atom. The number of piperazine rings is 1. The number of allylic oxidation sites excluding steroid dienone is 1. The van der Waals surface area contributed by atoms with Gasteiger partial charge in [-0.15, -0.1) is 0 Å². The molecule has 174 valence electrons. The molecule has 2 aromatic carbocycles. The molecule has 0 aromatic heterocycles. The molecule has 4 rings (SSSR count). The largest absolute Gasteiger partial charge is 0.457 e. The summed E-state index contributed by atoms with van der Waals surface area (Å²) in [6.07, 6.45) is 0. The summed E-state index contributed by atoms with van der Waals surface area (Å²) in [4.78, 5) is 29.4. The number of nitrogens with zero attached hydrogens (tertiary/aromatic N) is 2. The second kappa shape index (κ2) is 8.81. The van der Waals surface area contributed by atoms with Crippen molar-refractivity contribution in [3.05, 3.63) is 65.9 Å². The number of amides is 3. The van der Waals surface area contributed by atoms with E-state index in [4.69, 9.17) is 10.5 Å². The van der Waals surface area contributed by atoms with Crippen molar-refractivity contribution in [2.75, 3.05) is 19.6 Å². The lowest BCUT2D eigenvalue weighted by Gasteiger charge is -2.41. The van der Waals surface area contributed by atoms with E-state index < -0.39 is 5.92 Å². The van der Waals surface area contributed by atoms with Gasteiger partial charge < -0.3 is 25.6 Å². The molecular weight excluding hydrogens is 416 g/mol. The smallest absolute Gasteiger partial charge is 0.317 e. The van der Waals surface area contributed by atoms with Crippen LogP contribution in [0.5, 0.6) is 11.5 Å². The van der Waals surface area contributed by atoms with E-state index in [1.807, 2.05) is 82.3 Å². The molecule has 1 fully saturated rings. The molecule has 33 heavy (non-hydrogen) atoms. The number of hydrogen-bond acceptors (Lipinski definition) is 4. The molecule has 2 atom stereocenters. The maximum Gasteiger partial charge on any atom is 0.317 e. The van der Waals surface area contributed by atoms with E-state index in [9.17, 15) is 9.59 Å². The zero-order valence-corrected chi connectivity index (χ0v) is 19.7. The standard InChI is InChI=1S/C26H32N4O3/c1-17-22(18-10-12-20(13-11-18)33-19-8-6-5-7-9-19)23(24(27)31)21-16-29(14-15-30(17)21)25(32)28-26(2,3)4/h5-13,21,23H,14-16H2,1-4H3,(H2,27,31)(H,28,32). The monoisotopic (exact) mass is 448 g/mol. The molecule has 0 radical (unpaired) electrons. The van der Waals surface area contributed by atoms with E-state index in [2.05, 4.69) is 10.2 Å². The highest BCUT2D eigenvalue weighted by Gasteiger charge is 2.46. The third-order valence-electron chi connectivity index (χ3n) is 6.15. The Kier molecular flexibility index (Phi) is 6.06. The number of nitrogens with one attached hydrogen (secondary N) is 1. The highest BCUT2D eigenvalue weighted by Crippen LogP contribution is 2.42. The van der Waals surface area contributed by atoms with Gasteiger partial charge in [-0.05, 0) is 63.1 Å². The number of ether oxygens (including phenoxy) is 1. The van der Waals surface area contributed by atoms with Gasteiger partial charge in [0.25, 0.3) is 0 Å². The predicted molar refractivity (Wildman–Crippen MR) is 129 cm³/mol. The number of benzene rings is 2. The van der Waals surface area contributed by atoms with Crippen molar-refractivity contribution < 1.29 is 14.3 Å². The highest BCUT2D eigenvalue weighted by molar-refractivity contribution is 5.94. The quantitative estimate of drug-likeness (QED) is 0.744. The van der Waals surface area contributed by atoms with Gasteiger partial charge in [-0.2, -0.15) is 0 Å². The molecule has 0 aliphatic carbocycles. The van der Waals surface area contributed by atoms with Crippen LogP contribution in [-0.4, -0.2) is 53.0 Å². The normalized spacial score (nSPS) is 20.5. The third kappa shape index (κ3) is 4.82. The Morgan fingerprint density at radius 1 is 1.00 bits per heavy atom. The van der Waals surface area contributed by atoms with Crippen molar-refractivity contribution in [1.29, 1.82) is 0 Å². The van der Waals surface area contributed by atoms with E-state index in [1.165, 1.54) is 0 Å². The van der Waals surface area contributed by atoms with E-state index >= 15 is 0 Å². The van der Waals surface area contributed by atoms with Crippen LogP contribution in [0.1, 0.15) is 33.3 Å². The first-order valence-electron chi connectivity index (χ1n) is 11.3. The molecule has 2 aliphatic rings. The molecule has 0 bridgehead atoms. The Hall–Kier alpha value is -3.48. The van der Waals surface area contributed by atoms with Crippen LogP contribution in [0.4, 0.5) is 4.79 Å². The summed E-state index contributed by atoms with van der Waals surface area (Å²) in [6, 6.07) is 17.1. The van der Waals surface area contributed by atoms with Crippen molar-refractivity contribution in [2.45, 2.75) is 39.3 Å².